The van der Waals surface area contributed by atoms with E-state index in [0.29, 0.717) is 14.6 Å². The fourth-order valence-corrected chi connectivity index (χ4v) is 2.39. The van der Waals surface area contributed by atoms with E-state index in [2.05, 4.69) is 47.0 Å². The number of hydrogen-bond donors (Lipinski definition) is 1. The highest BCUT2D eigenvalue weighted by molar-refractivity contribution is 9.11. The first-order chi connectivity index (χ1) is 8.11. The molecule has 0 unspecified atom stereocenters. The third kappa shape index (κ3) is 2.55. The SMILES string of the molecule is COc1ncc(-c2cc(Br)c(O)c(Br)c2)nn1. The van der Waals surface area contributed by atoms with E-state index in [1.807, 2.05) is 0 Å². The van der Waals surface area contributed by atoms with Crippen LogP contribution in [0.3, 0.4) is 0 Å². The van der Waals surface area contributed by atoms with E-state index in [0.717, 1.165) is 5.56 Å². The van der Waals surface area contributed by atoms with Gasteiger partial charge in [-0.25, -0.2) is 4.98 Å². The number of aromatic nitrogens is 3. The second kappa shape index (κ2) is 4.97. The standard InChI is InChI=1S/C10H7Br2N3O2/c1-17-10-13-4-8(14-15-10)5-2-6(11)9(16)7(12)3-5/h2-4,16H,1H3. The summed E-state index contributed by atoms with van der Waals surface area (Å²) in [5.41, 5.74) is 1.37. The molecule has 17 heavy (non-hydrogen) atoms. The summed E-state index contributed by atoms with van der Waals surface area (Å²) in [6.45, 7) is 0. The summed E-state index contributed by atoms with van der Waals surface area (Å²) in [4.78, 5) is 3.97. The zero-order valence-electron chi connectivity index (χ0n) is 8.69. The Kier molecular flexibility index (Phi) is 3.58. The number of phenolic OH excluding ortho intramolecular Hbond substituents is 1. The van der Waals surface area contributed by atoms with Gasteiger partial charge >= 0.3 is 6.01 Å². The van der Waals surface area contributed by atoms with Gasteiger partial charge < -0.3 is 9.84 Å². The third-order valence-electron chi connectivity index (χ3n) is 2.04. The predicted octanol–water partition coefficient (Wildman–Crippen LogP) is 2.78. The fourth-order valence-electron chi connectivity index (χ4n) is 1.20. The van der Waals surface area contributed by atoms with Crippen molar-refractivity contribution >= 4 is 31.9 Å². The highest BCUT2D eigenvalue weighted by Gasteiger charge is 2.09. The molecule has 0 aliphatic heterocycles. The summed E-state index contributed by atoms with van der Waals surface area (Å²) in [6.07, 6.45) is 1.55. The van der Waals surface area contributed by atoms with Gasteiger partial charge in [0.2, 0.25) is 0 Å². The van der Waals surface area contributed by atoms with Gasteiger partial charge in [0.25, 0.3) is 0 Å². The molecule has 1 aromatic heterocycles. The molecular weight excluding hydrogens is 354 g/mol. The van der Waals surface area contributed by atoms with Crippen LogP contribution in [0.5, 0.6) is 11.8 Å². The predicted molar refractivity (Wildman–Crippen MR) is 68.9 cm³/mol. The van der Waals surface area contributed by atoms with Crippen molar-refractivity contribution < 1.29 is 9.84 Å². The number of halogens is 2. The molecular formula is C10H7Br2N3O2. The monoisotopic (exact) mass is 359 g/mol. The van der Waals surface area contributed by atoms with E-state index >= 15 is 0 Å². The highest BCUT2D eigenvalue weighted by Crippen LogP contribution is 2.36. The molecule has 0 saturated carbocycles. The Morgan fingerprint density at radius 1 is 1.18 bits per heavy atom. The minimum atomic E-state index is 0.142. The Balaban J connectivity index is 2.45. The number of aromatic hydroxyl groups is 1. The van der Waals surface area contributed by atoms with Crippen LogP contribution in [0.15, 0.2) is 27.3 Å². The molecule has 2 rings (SSSR count). The molecule has 88 valence electrons. The van der Waals surface area contributed by atoms with Crippen molar-refractivity contribution in [3.8, 4) is 23.0 Å². The van der Waals surface area contributed by atoms with Crippen molar-refractivity contribution in [3.05, 3.63) is 27.3 Å². The van der Waals surface area contributed by atoms with Crippen LogP contribution in [0.2, 0.25) is 0 Å². The van der Waals surface area contributed by atoms with Crippen molar-refractivity contribution in [2.45, 2.75) is 0 Å². The number of nitrogens with zero attached hydrogens (tertiary/aromatic N) is 3. The summed E-state index contributed by atoms with van der Waals surface area (Å²) in [5.74, 6) is 0.142. The first-order valence-corrected chi connectivity index (χ1v) is 6.12. The second-order valence-electron chi connectivity index (χ2n) is 3.12. The van der Waals surface area contributed by atoms with Gasteiger partial charge in [-0.3, -0.25) is 0 Å². The van der Waals surface area contributed by atoms with E-state index < -0.39 is 0 Å². The summed E-state index contributed by atoms with van der Waals surface area (Å²) >= 11 is 6.50. The van der Waals surface area contributed by atoms with Crippen LogP contribution in [0, 0.1) is 0 Å². The molecule has 0 aliphatic rings. The second-order valence-corrected chi connectivity index (χ2v) is 4.83. The van der Waals surface area contributed by atoms with Crippen LogP contribution in [0.4, 0.5) is 0 Å². The Bertz CT molecular complexity index is 523. The Labute approximate surface area is 114 Å². The lowest BCUT2D eigenvalue weighted by molar-refractivity contribution is 0.373. The number of hydrogen-bond acceptors (Lipinski definition) is 5. The smallest absolute Gasteiger partial charge is 0.335 e. The van der Waals surface area contributed by atoms with Crippen LogP contribution < -0.4 is 4.74 Å². The van der Waals surface area contributed by atoms with Gasteiger partial charge in [0.15, 0.2) is 0 Å². The van der Waals surface area contributed by atoms with Crippen LogP contribution in [-0.4, -0.2) is 27.4 Å². The molecule has 5 nitrogen and oxygen atoms in total. The molecule has 7 heteroatoms. The minimum Gasteiger partial charge on any atom is -0.506 e. The van der Waals surface area contributed by atoms with E-state index in [1.165, 1.54) is 7.11 Å². The molecule has 0 fully saturated rings. The number of rotatable bonds is 2. The normalized spacial score (nSPS) is 10.3. The van der Waals surface area contributed by atoms with Crippen molar-refractivity contribution in [2.24, 2.45) is 0 Å². The van der Waals surface area contributed by atoms with Gasteiger partial charge in [0.05, 0.1) is 22.3 Å². The zero-order valence-corrected chi connectivity index (χ0v) is 11.9. The van der Waals surface area contributed by atoms with Gasteiger partial charge in [0, 0.05) is 5.56 Å². The maximum Gasteiger partial charge on any atom is 0.335 e. The van der Waals surface area contributed by atoms with Crippen molar-refractivity contribution in [2.75, 3.05) is 7.11 Å². The molecule has 0 amide bonds. The molecule has 2 aromatic rings. The number of phenols is 1. The van der Waals surface area contributed by atoms with Gasteiger partial charge in [-0.2, -0.15) is 0 Å². The number of ether oxygens (including phenoxy) is 1. The van der Waals surface area contributed by atoms with Gasteiger partial charge in [-0.05, 0) is 44.0 Å². The quantitative estimate of drug-likeness (QED) is 0.891. The fraction of sp³-hybridized carbons (Fsp3) is 0.100. The molecule has 0 aliphatic carbocycles. The summed E-state index contributed by atoms with van der Waals surface area (Å²) in [7, 11) is 1.48. The molecule has 0 saturated heterocycles. The first kappa shape index (κ1) is 12.3. The summed E-state index contributed by atoms with van der Waals surface area (Å²) in [6, 6.07) is 3.68. The Morgan fingerprint density at radius 2 is 1.82 bits per heavy atom. The van der Waals surface area contributed by atoms with E-state index in [1.54, 1.807) is 18.3 Å². The molecule has 0 spiro atoms. The lowest BCUT2D eigenvalue weighted by atomic mass is 10.1. The number of benzene rings is 1. The Hall–Kier alpha value is -1.21. The average molecular weight is 361 g/mol. The number of methoxy groups -OCH3 is 1. The van der Waals surface area contributed by atoms with Crippen molar-refractivity contribution in [3.63, 3.8) is 0 Å². The van der Waals surface area contributed by atoms with Gasteiger partial charge in [-0.1, -0.05) is 5.10 Å². The largest absolute Gasteiger partial charge is 0.506 e. The van der Waals surface area contributed by atoms with Crippen LogP contribution >= 0.6 is 31.9 Å². The maximum atomic E-state index is 9.59. The molecule has 1 aromatic carbocycles. The molecule has 1 N–H and O–H groups in total. The van der Waals surface area contributed by atoms with E-state index in [-0.39, 0.29) is 11.8 Å². The highest BCUT2D eigenvalue weighted by atomic mass is 79.9. The Morgan fingerprint density at radius 3 is 2.29 bits per heavy atom. The van der Waals surface area contributed by atoms with Crippen molar-refractivity contribution in [1.82, 2.24) is 15.2 Å². The summed E-state index contributed by atoms with van der Waals surface area (Å²) < 4.78 is 5.97. The van der Waals surface area contributed by atoms with Gasteiger partial charge in [0.1, 0.15) is 11.4 Å². The molecule has 0 bridgehead atoms. The first-order valence-electron chi connectivity index (χ1n) is 4.54. The summed E-state index contributed by atoms with van der Waals surface area (Å²) in [5, 5.41) is 17.3. The van der Waals surface area contributed by atoms with Gasteiger partial charge in [-0.15, -0.1) is 5.10 Å². The third-order valence-corrected chi connectivity index (χ3v) is 3.24. The lowest BCUT2D eigenvalue weighted by Gasteiger charge is -2.05. The van der Waals surface area contributed by atoms with Crippen LogP contribution in [-0.2, 0) is 0 Å². The van der Waals surface area contributed by atoms with E-state index in [4.69, 9.17) is 4.74 Å². The van der Waals surface area contributed by atoms with Crippen molar-refractivity contribution in [1.29, 1.82) is 0 Å². The zero-order chi connectivity index (χ0) is 12.4. The van der Waals surface area contributed by atoms with E-state index in [9.17, 15) is 5.11 Å². The topological polar surface area (TPSA) is 68.1 Å². The molecule has 1 heterocycles. The minimum absolute atomic E-state index is 0.142. The van der Waals surface area contributed by atoms with Crippen LogP contribution in [0.1, 0.15) is 0 Å². The average Bonchev–Trinajstić information content (AvgIpc) is 2.35. The molecule has 0 radical (unpaired) electrons. The maximum absolute atomic E-state index is 9.59. The molecule has 0 atom stereocenters. The lowest BCUT2D eigenvalue weighted by Crippen LogP contribution is -1.95. The van der Waals surface area contributed by atoms with Crippen LogP contribution in [0.25, 0.3) is 11.3 Å².